The first-order valence-electron chi connectivity index (χ1n) is 13.8. The standard InChI is InChI=1S/C26H54N2O4S2/c1-6-8-10-12-14-16-18-33(29,30)27-23-26(5)21-24(20-25(3,4)22-26)28-34(31,32)19-17-15-13-11-9-7-2/h24,27-28H,6-23H2,1-5H3. The van der Waals surface area contributed by atoms with Gasteiger partial charge < -0.3 is 0 Å². The third-order valence-corrected chi connectivity index (χ3v) is 9.97. The van der Waals surface area contributed by atoms with Crippen molar-refractivity contribution in [1.82, 2.24) is 9.44 Å². The van der Waals surface area contributed by atoms with E-state index in [0.717, 1.165) is 38.5 Å². The summed E-state index contributed by atoms with van der Waals surface area (Å²) in [5, 5.41) is 0. The summed E-state index contributed by atoms with van der Waals surface area (Å²) in [7, 11) is -6.64. The van der Waals surface area contributed by atoms with Crippen LogP contribution in [0, 0.1) is 10.8 Å². The molecular formula is C26H54N2O4S2. The molecule has 0 bridgehead atoms. The van der Waals surface area contributed by atoms with E-state index in [1.165, 1.54) is 38.5 Å². The summed E-state index contributed by atoms with van der Waals surface area (Å²) < 4.78 is 56.4. The Morgan fingerprint density at radius 2 is 1.15 bits per heavy atom. The zero-order valence-electron chi connectivity index (χ0n) is 22.8. The zero-order chi connectivity index (χ0) is 25.7. The Hall–Kier alpha value is -0.180. The number of unbranched alkanes of at least 4 members (excludes halogenated alkanes) is 10. The lowest BCUT2D eigenvalue weighted by Gasteiger charge is -2.46. The lowest BCUT2D eigenvalue weighted by molar-refractivity contribution is 0.0821. The second-order valence-corrected chi connectivity index (χ2v) is 15.7. The van der Waals surface area contributed by atoms with Crippen LogP contribution in [-0.2, 0) is 20.0 Å². The van der Waals surface area contributed by atoms with Crippen molar-refractivity contribution in [2.75, 3.05) is 18.1 Å². The van der Waals surface area contributed by atoms with Gasteiger partial charge in [-0.05, 0) is 42.9 Å². The maximum atomic E-state index is 12.7. The molecule has 8 heteroatoms. The van der Waals surface area contributed by atoms with E-state index in [-0.39, 0.29) is 28.4 Å². The van der Waals surface area contributed by atoms with Crippen LogP contribution in [0.25, 0.3) is 0 Å². The molecule has 0 aliphatic heterocycles. The molecule has 0 radical (unpaired) electrons. The van der Waals surface area contributed by atoms with Crippen LogP contribution < -0.4 is 9.44 Å². The van der Waals surface area contributed by atoms with Gasteiger partial charge in [0.1, 0.15) is 0 Å². The Kier molecular flexibility index (Phi) is 14.2. The molecule has 2 unspecified atom stereocenters. The molecule has 1 aliphatic rings. The van der Waals surface area contributed by atoms with Gasteiger partial charge in [-0.1, -0.05) is 98.8 Å². The minimum absolute atomic E-state index is 0.0505. The number of nitrogens with one attached hydrogen (secondary N) is 2. The number of hydrogen-bond donors (Lipinski definition) is 2. The lowest BCUT2D eigenvalue weighted by Crippen LogP contribution is -2.50. The molecule has 34 heavy (non-hydrogen) atoms. The highest BCUT2D eigenvalue weighted by Gasteiger charge is 2.42. The minimum Gasteiger partial charge on any atom is -0.215 e. The lowest BCUT2D eigenvalue weighted by atomic mass is 9.63. The highest BCUT2D eigenvalue weighted by Crippen LogP contribution is 2.46. The molecule has 6 nitrogen and oxygen atoms in total. The predicted octanol–water partition coefficient (Wildman–Crippen LogP) is 6.13. The van der Waals surface area contributed by atoms with Crippen molar-refractivity contribution in [3.63, 3.8) is 0 Å². The molecule has 1 fully saturated rings. The summed E-state index contributed by atoms with van der Waals surface area (Å²) in [6, 6.07) is -0.151. The first-order valence-corrected chi connectivity index (χ1v) is 17.1. The summed E-state index contributed by atoms with van der Waals surface area (Å²) >= 11 is 0. The molecule has 1 aliphatic carbocycles. The van der Waals surface area contributed by atoms with E-state index in [0.29, 0.717) is 25.8 Å². The minimum atomic E-state index is -3.33. The van der Waals surface area contributed by atoms with E-state index in [1.807, 2.05) is 0 Å². The molecule has 0 aromatic carbocycles. The fourth-order valence-corrected chi connectivity index (χ4v) is 8.34. The SMILES string of the molecule is CCCCCCCCS(=O)(=O)NCC1(C)CC(NS(=O)(=O)CCCCCCCC)CC(C)(C)C1. The van der Waals surface area contributed by atoms with E-state index in [9.17, 15) is 16.8 Å². The number of hydrogen-bond acceptors (Lipinski definition) is 4. The molecule has 1 rings (SSSR count). The van der Waals surface area contributed by atoms with Gasteiger partial charge in [0.05, 0.1) is 11.5 Å². The fraction of sp³-hybridized carbons (Fsp3) is 1.00. The molecule has 0 aromatic heterocycles. The van der Waals surface area contributed by atoms with E-state index >= 15 is 0 Å². The van der Waals surface area contributed by atoms with Gasteiger partial charge in [-0.2, -0.15) is 0 Å². The van der Waals surface area contributed by atoms with Gasteiger partial charge in [-0.25, -0.2) is 26.3 Å². The summed E-state index contributed by atoms with van der Waals surface area (Å²) in [6.07, 6.45) is 14.9. The van der Waals surface area contributed by atoms with Crippen LogP contribution in [0.15, 0.2) is 0 Å². The molecule has 2 atom stereocenters. The summed E-state index contributed by atoms with van der Waals surface area (Å²) in [5.41, 5.74) is -0.325. The highest BCUT2D eigenvalue weighted by molar-refractivity contribution is 7.89. The van der Waals surface area contributed by atoms with Gasteiger partial charge in [0, 0.05) is 12.6 Å². The Bertz CT molecular complexity index is 766. The first-order chi connectivity index (χ1) is 15.8. The van der Waals surface area contributed by atoms with Gasteiger partial charge >= 0.3 is 0 Å². The van der Waals surface area contributed by atoms with Crippen molar-refractivity contribution in [1.29, 1.82) is 0 Å². The molecule has 204 valence electrons. The van der Waals surface area contributed by atoms with Gasteiger partial charge in [-0.3, -0.25) is 0 Å². The van der Waals surface area contributed by atoms with Gasteiger partial charge in [-0.15, -0.1) is 0 Å². The number of rotatable bonds is 19. The van der Waals surface area contributed by atoms with Crippen molar-refractivity contribution >= 4 is 20.0 Å². The third kappa shape index (κ3) is 14.4. The molecule has 0 spiro atoms. The monoisotopic (exact) mass is 522 g/mol. The predicted molar refractivity (Wildman–Crippen MR) is 145 cm³/mol. The summed E-state index contributed by atoms with van der Waals surface area (Å²) in [4.78, 5) is 0. The smallest absolute Gasteiger partial charge is 0.211 e. The summed E-state index contributed by atoms with van der Waals surface area (Å²) in [6.45, 7) is 11.1. The normalized spacial score (nSPS) is 23.3. The van der Waals surface area contributed by atoms with E-state index < -0.39 is 20.0 Å². The van der Waals surface area contributed by atoms with Crippen molar-refractivity contribution in [2.45, 2.75) is 137 Å². The van der Waals surface area contributed by atoms with E-state index in [4.69, 9.17) is 0 Å². The number of sulfonamides is 2. The molecule has 2 N–H and O–H groups in total. The second kappa shape index (κ2) is 15.2. The van der Waals surface area contributed by atoms with Crippen LogP contribution in [0.4, 0.5) is 0 Å². The van der Waals surface area contributed by atoms with Crippen LogP contribution in [0.5, 0.6) is 0 Å². The van der Waals surface area contributed by atoms with Gasteiger partial charge in [0.25, 0.3) is 0 Å². The van der Waals surface area contributed by atoms with Gasteiger partial charge in [0.2, 0.25) is 20.0 Å². The highest BCUT2D eigenvalue weighted by atomic mass is 32.2. The molecular weight excluding hydrogens is 468 g/mol. The maximum Gasteiger partial charge on any atom is 0.211 e. The Balaban J connectivity index is 2.55. The van der Waals surface area contributed by atoms with Crippen molar-refractivity contribution in [2.24, 2.45) is 10.8 Å². The molecule has 0 saturated heterocycles. The molecule has 0 aromatic rings. The Morgan fingerprint density at radius 3 is 1.68 bits per heavy atom. The molecule has 1 saturated carbocycles. The molecule has 0 heterocycles. The van der Waals surface area contributed by atoms with Crippen LogP contribution in [0.3, 0.4) is 0 Å². The average molecular weight is 523 g/mol. The Labute approximate surface area is 211 Å². The van der Waals surface area contributed by atoms with Crippen molar-refractivity contribution in [3.05, 3.63) is 0 Å². The third-order valence-electron chi connectivity index (χ3n) is 7.04. The van der Waals surface area contributed by atoms with Crippen LogP contribution in [0.1, 0.15) is 131 Å². The topological polar surface area (TPSA) is 92.3 Å². The van der Waals surface area contributed by atoms with E-state index in [2.05, 4.69) is 44.1 Å². The Morgan fingerprint density at radius 1 is 0.676 bits per heavy atom. The molecule has 0 amide bonds. The second-order valence-electron chi connectivity index (χ2n) is 11.9. The van der Waals surface area contributed by atoms with E-state index in [1.54, 1.807) is 0 Å². The van der Waals surface area contributed by atoms with Gasteiger partial charge in [0.15, 0.2) is 0 Å². The van der Waals surface area contributed by atoms with Crippen molar-refractivity contribution < 1.29 is 16.8 Å². The first kappa shape index (κ1) is 31.8. The zero-order valence-corrected chi connectivity index (χ0v) is 24.4. The summed E-state index contributed by atoms with van der Waals surface area (Å²) in [5.74, 6) is 0.352. The quantitative estimate of drug-likeness (QED) is 0.200. The van der Waals surface area contributed by atoms with Crippen molar-refractivity contribution in [3.8, 4) is 0 Å². The largest absolute Gasteiger partial charge is 0.215 e. The van der Waals surface area contributed by atoms with Crippen LogP contribution in [0.2, 0.25) is 0 Å². The maximum absolute atomic E-state index is 12.7. The van der Waals surface area contributed by atoms with Crippen LogP contribution in [-0.4, -0.2) is 40.9 Å². The fourth-order valence-electron chi connectivity index (χ4n) is 5.67. The average Bonchev–Trinajstić information content (AvgIpc) is 2.70. The van der Waals surface area contributed by atoms with Crippen LogP contribution >= 0.6 is 0 Å².